The van der Waals surface area contributed by atoms with E-state index in [1.54, 1.807) is 11.3 Å². The summed E-state index contributed by atoms with van der Waals surface area (Å²) in [6, 6.07) is 0.957. The molecule has 6 nitrogen and oxygen atoms in total. The van der Waals surface area contributed by atoms with Crippen molar-refractivity contribution in [1.29, 1.82) is 0 Å². The lowest BCUT2D eigenvalue weighted by molar-refractivity contribution is -0.141. The molecule has 2 heterocycles. The lowest BCUT2D eigenvalue weighted by Gasteiger charge is -2.30. The lowest BCUT2D eigenvalue weighted by Crippen LogP contribution is -2.30. The van der Waals surface area contributed by atoms with E-state index >= 15 is 0 Å². The Labute approximate surface area is 223 Å². The van der Waals surface area contributed by atoms with Crippen molar-refractivity contribution >= 4 is 46.1 Å². The van der Waals surface area contributed by atoms with Gasteiger partial charge in [-0.3, -0.25) is 14.3 Å². The van der Waals surface area contributed by atoms with Crippen LogP contribution >= 0.6 is 23.6 Å². The Morgan fingerprint density at radius 3 is 2.57 bits per heavy atom. The second-order valence-corrected chi connectivity index (χ2v) is 12.4. The summed E-state index contributed by atoms with van der Waals surface area (Å²) in [4.78, 5) is 28.5. The van der Waals surface area contributed by atoms with Crippen LogP contribution in [0, 0.1) is 17.8 Å². The number of rotatable bonds is 9. The molecule has 0 aliphatic heterocycles. The molecule has 0 saturated heterocycles. The molecular weight excluding hydrogens is 521 g/mol. The molecule has 2 aromatic rings. The highest BCUT2D eigenvalue weighted by Crippen LogP contribution is 2.46. The van der Waals surface area contributed by atoms with E-state index in [4.69, 9.17) is 12.2 Å². The van der Waals surface area contributed by atoms with Crippen LogP contribution in [0.3, 0.4) is 0 Å². The Morgan fingerprint density at radius 2 is 1.95 bits per heavy atom. The number of hydrogen-bond donors (Lipinski definition) is 2. The van der Waals surface area contributed by atoms with Gasteiger partial charge >= 0.3 is 6.18 Å². The largest absolute Gasteiger partial charge is 0.435 e. The average Bonchev–Trinajstić information content (AvgIpc) is 3.75. The van der Waals surface area contributed by atoms with Gasteiger partial charge in [0.05, 0.1) is 10.6 Å². The number of Topliss-reactive ketones (excluding diaryl/α,β-unsaturated/α-hetero) is 1. The van der Waals surface area contributed by atoms with Gasteiger partial charge in [0.15, 0.2) is 5.69 Å². The van der Waals surface area contributed by atoms with Crippen LogP contribution in [0.1, 0.15) is 82.7 Å². The van der Waals surface area contributed by atoms with E-state index in [-0.39, 0.29) is 35.3 Å². The molecule has 0 bridgehead atoms. The van der Waals surface area contributed by atoms with Gasteiger partial charge in [0.2, 0.25) is 0 Å². The fourth-order valence-corrected chi connectivity index (χ4v) is 6.93. The third kappa shape index (κ3) is 5.92. The molecule has 5 rings (SSSR count). The highest BCUT2D eigenvalue weighted by molar-refractivity contribution is 7.80. The fourth-order valence-electron chi connectivity index (χ4n) is 5.18. The van der Waals surface area contributed by atoms with Crippen molar-refractivity contribution in [3.8, 4) is 0 Å². The van der Waals surface area contributed by atoms with Crippen LogP contribution in [-0.2, 0) is 30.9 Å². The van der Waals surface area contributed by atoms with Gasteiger partial charge < -0.3 is 10.6 Å². The van der Waals surface area contributed by atoms with E-state index < -0.39 is 11.9 Å². The maximum absolute atomic E-state index is 13.4. The number of thiocarbonyl (C=S) groups is 1. The molecule has 2 N–H and O–H groups in total. The molecule has 37 heavy (non-hydrogen) atoms. The molecule has 0 spiro atoms. The summed E-state index contributed by atoms with van der Waals surface area (Å²) < 4.78 is 40.2. The van der Waals surface area contributed by atoms with E-state index in [1.165, 1.54) is 11.9 Å². The van der Waals surface area contributed by atoms with E-state index in [9.17, 15) is 22.8 Å². The number of fused-ring (bicyclic) bond motifs is 1. The van der Waals surface area contributed by atoms with Crippen LogP contribution in [0.15, 0.2) is 6.07 Å². The topological polar surface area (TPSA) is 76.0 Å². The molecule has 1 amide bonds. The number of amides is 1. The Hall–Kier alpha value is -2.27. The minimum Gasteiger partial charge on any atom is -0.352 e. The molecular formula is C26H31F3N4O2S2. The normalized spacial score (nSPS) is 21.4. The number of aryl methyl sites for hydroxylation is 2. The number of alkyl halides is 3. The average molecular weight is 553 g/mol. The van der Waals surface area contributed by atoms with Gasteiger partial charge in [-0.2, -0.15) is 18.3 Å². The number of aromatic nitrogens is 2. The molecule has 0 radical (unpaired) electrons. The Morgan fingerprint density at radius 1 is 1.22 bits per heavy atom. The number of hydrogen-bond acceptors (Lipinski definition) is 5. The van der Waals surface area contributed by atoms with Crippen LogP contribution < -0.4 is 10.6 Å². The molecule has 2 atom stereocenters. The first-order valence-corrected chi connectivity index (χ1v) is 14.1. The summed E-state index contributed by atoms with van der Waals surface area (Å²) in [6.45, 7) is 2.75. The van der Waals surface area contributed by atoms with Crippen LogP contribution in [-0.4, -0.2) is 33.0 Å². The smallest absolute Gasteiger partial charge is 0.352 e. The third-order valence-corrected chi connectivity index (χ3v) is 9.26. The van der Waals surface area contributed by atoms with Crippen molar-refractivity contribution in [2.45, 2.75) is 70.4 Å². The zero-order valence-electron chi connectivity index (χ0n) is 20.9. The minimum atomic E-state index is -4.53. The van der Waals surface area contributed by atoms with Crippen LogP contribution in [0.25, 0.3) is 0 Å². The number of nitrogens with zero attached hydrogens (tertiary/aromatic N) is 2. The zero-order chi connectivity index (χ0) is 26.5. The molecule has 0 unspecified atom stereocenters. The van der Waals surface area contributed by atoms with Crippen molar-refractivity contribution < 1.29 is 22.8 Å². The van der Waals surface area contributed by atoms with Crippen molar-refractivity contribution in [1.82, 2.24) is 15.1 Å². The SMILES string of the molecule is C[C@H]1c2c(sc(CC(=O)C3CC3)c2C(=O)NCC2CC2)CC[C@@H]1CC(=S)Nc1cc(C(F)(F)F)nn1C. The number of ketones is 1. The summed E-state index contributed by atoms with van der Waals surface area (Å²) in [5.74, 6) is 1.17. The number of nitrogens with one attached hydrogen (secondary N) is 2. The van der Waals surface area contributed by atoms with Crippen molar-refractivity contribution in [3.63, 3.8) is 0 Å². The maximum Gasteiger partial charge on any atom is 0.435 e. The number of anilines is 1. The molecule has 0 aromatic carbocycles. The highest BCUT2D eigenvalue weighted by Gasteiger charge is 2.38. The van der Waals surface area contributed by atoms with Gasteiger partial charge in [0.1, 0.15) is 11.6 Å². The number of carbonyl (C=O) groups is 2. The predicted molar refractivity (Wildman–Crippen MR) is 140 cm³/mol. The molecule has 200 valence electrons. The first-order valence-electron chi connectivity index (χ1n) is 12.9. The van der Waals surface area contributed by atoms with Crippen molar-refractivity contribution in [2.24, 2.45) is 24.8 Å². The Bertz CT molecular complexity index is 1230. The summed E-state index contributed by atoms with van der Waals surface area (Å²) in [5, 5.41) is 9.57. The zero-order valence-corrected chi connectivity index (χ0v) is 22.5. The Kier molecular flexibility index (Phi) is 7.21. The van der Waals surface area contributed by atoms with E-state index in [1.807, 2.05) is 0 Å². The number of carbonyl (C=O) groups excluding carboxylic acids is 2. The summed E-state index contributed by atoms with van der Waals surface area (Å²) in [5.41, 5.74) is 0.729. The highest BCUT2D eigenvalue weighted by atomic mass is 32.1. The number of thiophene rings is 1. The lowest BCUT2D eigenvalue weighted by atomic mass is 9.75. The van der Waals surface area contributed by atoms with Gasteiger partial charge in [-0.25, -0.2) is 0 Å². The van der Waals surface area contributed by atoms with Gasteiger partial charge in [0.25, 0.3) is 5.91 Å². The standard InChI is InChI=1S/C26H31F3N4O2S2/c1-13-16(9-22(36)31-21-11-20(26(27,28)29)32-33(21)2)7-8-18-23(13)24(25(35)30-12-14-3-4-14)19(37-18)10-17(34)15-5-6-15/h11,13-16H,3-10,12H2,1-2H3,(H,30,35)(H,31,36)/t13-,16-/m1/s1. The fraction of sp³-hybridized carbons (Fsp3) is 0.615. The van der Waals surface area contributed by atoms with Crippen molar-refractivity contribution in [2.75, 3.05) is 11.9 Å². The second-order valence-electron chi connectivity index (χ2n) is 10.7. The molecule has 11 heteroatoms. The molecule has 3 aliphatic carbocycles. The summed E-state index contributed by atoms with van der Waals surface area (Å²) >= 11 is 7.14. The third-order valence-electron chi connectivity index (χ3n) is 7.73. The van der Waals surface area contributed by atoms with Gasteiger partial charge in [-0.1, -0.05) is 19.1 Å². The monoisotopic (exact) mass is 552 g/mol. The molecule has 3 aliphatic rings. The molecule has 2 aromatic heterocycles. The first-order chi connectivity index (χ1) is 17.5. The van der Waals surface area contributed by atoms with Gasteiger partial charge in [-0.05, 0) is 61.8 Å². The number of halogens is 3. The quantitative estimate of drug-likeness (QED) is 0.393. The van der Waals surface area contributed by atoms with Crippen LogP contribution in [0.5, 0.6) is 0 Å². The van der Waals surface area contributed by atoms with Gasteiger partial charge in [0, 0.05) is 48.2 Å². The van der Waals surface area contributed by atoms with Crippen molar-refractivity contribution in [3.05, 3.63) is 32.6 Å². The van der Waals surface area contributed by atoms with Gasteiger partial charge in [-0.15, -0.1) is 11.3 Å². The van der Waals surface area contributed by atoms with Crippen LogP contribution in [0.4, 0.5) is 19.0 Å². The van der Waals surface area contributed by atoms with Crippen LogP contribution in [0.2, 0.25) is 0 Å². The first kappa shape index (κ1) is 26.3. The second kappa shape index (κ2) is 10.1. The molecule has 2 fully saturated rings. The predicted octanol–water partition coefficient (Wildman–Crippen LogP) is 5.66. The van der Waals surface area contributed by atoms with E-state index in [0.29, 0.717) is 35.9 Å². The van der Waals surface area contributed by atoms with E-state index in [0.717, 1.165) is 59.7 Å². The molecule has 2 saturated carbocycles. The minimum absolute atomic E-state index is 0.0310. The Balaban J connectivity index is 1.33. The van der Waals surface area contributed by atoms with E-state index in [2.05, 4.69) is 22.7 Å². The maximum atomic E-state index is 13.4. The summed E-state index contributed by atoms with van der Waals surface area (Å²) in [6.07, 6.45) is 2.08. The summed E-state index contributed by atoms with van der Waals surface area (Å²) in [7, 11) is 1.44.